The Bertz CT molecular complexity index is 904. The summed E-state index contributed by atoms with van der Waals surface area (Å²) in [6, 6.07) is 4.87. The molecule has 1 aliphatic rings. The summed E-state index contributed by atoms with van der Waals surface area (Å²) >= 11 is 1.32. The number of hydrogen-bond donors (Lipinski definition) is 3. The molecule has 1 fully saturated rings. The predicted molar refractivity (Wildman–Crippen MR) is 132 cm³/mol. The van der Waals surface area contributed by atoms with Crippen LogP contribution in [0.2, 0.25) is 0 Å². The topological polar surface area (TPSA) is 87.6 Å². The molecule has 1 saturated carbocycles. The molecule has 170 valence electrons. The van der Waals surface area contributed by atoms with E-state index in [0.717, 1.165) is 11.3 Å². The average Bonchev–Trinajstić information content (AvgIpc) is 3.47. The summed E-state index contributed by atoms with van der Waals surface area (Å²) in [6.07, 6.45) is 2.34. The fraction of sp³-hybridized carbons (Fsp3) is 0.476. The van der Waals surface area contributed by atoms with Crippen molar-refractivity contribution in [3.8, 4) is 5.75 Å². The SMILES string of the molecule is CN=C(NCCNC(=O)c1scnc1C)NC(C)c1ccc(OCC2CC2)c(F)c1.I. The second kappa shape index (κ2) is 12.2. The third kappa shape index (κ3) is 7.60. The number of benzene rings is 1. The van der Waals surface area contributed by atoms with E-state index in [4.69, 9.17) is 4.74 Å². The highest BCUT2D eigenvalue weighted by atomic mass is 127. The lowest BCUT2D eigenvalue weighted by Gasteiger charge is -2.19. The summed E-state index contributed by atoms with van der Waals surface area (Å²) in [5.41, 5.74) is 3.18. The number of aryl methyl sites for hydroxylation is 1. The van der Waals surface area contributed by atoms with E-state index in [-0.39, 0.29) is 41.7 Å². The second-order valence-corrected chi connectivity index (χ2v) is 8.19. The minimum absolute atomic E-state index is 0. The smallest absolute Gasteiger partial charge is 0.263 e. The number of aromatic nitrogens is 1. The summed E-state index contributed by atoms with van der Waals surface area (Å²) in [4.78, 5) is 21.0. The molecule has 1 aromatic carbocycles. The summed E-state index contributed by atoms with van der Waals surface area (Å²) in [5.74, 6) is 0.959. The number of ether oxygens (including phenoxy) is 1. The molecule has 2 aromatic rings. The molecular weight excluding hydrogens is 532 g/mol. The van der Waals surface area contributed by atoms with E-state index in [2.05, 4.69) is 25.9 Å². The van der Waals surface area contributed by atoms with Crippen molar-refractivity contribution in [3.05, 3.63) is 45.7 Å². The van der Waals surface area contributed by atoms with Gasteiger partial charge in [0.1, 0.15) is 4.88 Å². The van der Waals surface area contributed by atoms with Crippen molar-refractivity contribution in [2.24, 2.45) is 10.9 Å². The van der Waals surface area contributed by atoms with E-state index in [1.165, 1.54) is 30.2 Å². The standard InChI is InChI=1S/C21H28FN5O2S.HI/c1-13(16-6-7-18(17(22)10-16)29-11-15-4-5-15)27-21(23-3)25-9-8-24-20(28)19-14(2)26-12-30-19;/h6-7,10,12-13,15H,4-5,8-9,11H2,1-3H3,(H,24,28)(H2,23,25,27);1H. The highest BCUT2D eigenvalue weighted by Crippen LogP contribution is 2.30. The van der Waals surface area contributed by atoms with E-state index in [0.29, 0.717) is 42.2 Å². The van der Waals surface area contributed by atoms with Gasteiger partial charge < -0.3 is 20.7 Å². The van der Waals surface area contributed by atoms with E-state index in [1.807, 2.05) is 19.9 Å². The van der Waals surface area contributed by atoms with Crippen LogP contribution in [0.25, 0.3) is 0 Å². The van der Waals surface area contributed by atoms with Gasteiger partial charge in [0.25, 0.3) is 5.91 Å². The average molecular weight is 561 g/mol. The number of rotatable bonds is 9. The molecule has 1 atom stereocenters. The fourth-order valence-corrected chi connectivity index (χ4v) is 3.55. The Labute approximate surface area is 203 Å². The zero-order valence-corrected chi connectivity index (χ0v) is 21.1. The van der Waals surface area contributed by atoms with Crippen molar-refractivity contribution in [1.82, 2.24) is 20.9 Å². The fourth-order valence-electron chi connectivity index (χ4n) is 2.84. The van der Waals surface area contributed by atoms with Crippen LogP contribution in [-0.2, 0) is 0 Å². The maximum Gasteiger partial charge on any atom is 0.263 e. The van der Waals surface area contributed by atoms with Crippen molar-refractivity contribution in [2.45, 2.75) is 32.7 Å². The number of thiazole rings is 1. The first-order valence-corrected chi connectivity index (χ1v) is 10.9. The lowest BCUT2D eigenvalue weighted by molar-refractivity contribution is 0.0957. The maximum atomic E-state index is 14.3. The van der Waals surface area contributed by atoms with Gasteiger partial charge in [-0.05, 0) is 50.3 Å². The third-order valence-electron chi connectivity index (χ3n) is 4.86. The molecule has 1 unspecified atom stereocenters. The molecule has 0 radical (unpaired) electrons. The molecule has 0 bridgehead atoms. The van der Waals surface area contributed by atoms with Gasteiger partial charge in [-0.15, -0.1) is 35.3 Å². The number of carbonyl (C=O) groups is 1. The van der Waals surface area contributed by atoms with Crippen LogP contribution in [0.5, 0.6) is 5.75 Å². The molecule has 1 aromatic heterocycles. The van der Waals surface area contributed by atoms with E-state index in [1.54, 1.807) is 18.6 Å². The minimum atomic E-state index is -0.356. The lowest BCUT2D eigenvalue weighted by Crippen LogP contribution is -2.42. The zero-order chi connectivity index (χ0) is 21.5. The van der Waals surface area contributed by atoms with Gasteiger partial charge >= 0.3 is 0 Å². The lowest BCUT2D eigenvalue weighted by atomic mass is 10.1. The first-order chi connectivity index (χ1) is 14.5. The number of halogens is 2. The zero-order valence-electron chi connectivity index (χ0n) is 17.9. The molecule has 1 heterocycles. The highest BCUT2D eigenvalue weighted by Gasteiger charge is 2.22. The third-order valence-corrected chi connectivity index (χ3v) is 5.79. The molecule has 0 aliphatic heterocycles. The Hall–Kier alpha value is -1.95. The Kier molecular flexibility index (Phi) is 9.94. The molecule has 1 amide bonds. The van der Waals surface area contributed by atoms with Gasteiger partial charge in [0.15, 0.2) is 17.5 Å². The Balaban J connectivity index is 0.00000341. The predicted octanol–water partition coefficient (Wildman–Crippen LogP) is 3.65. The van der Waals surface area contributed by atoms with Gasteiger partial charge in [0.05, 0.1) is 23.9 Å². The van der Waals surface area contributed by atoms with E-state index in [9.17, 15) is 9.18 Å². The number of carbonyl (C=O) groups excluding carboxylic acids is 1. The van der Waals surface area contributed by atoms with Crippen molar-refractivity contribution >= 4 is 47.2 Å². The summed E-state index contributed by atoms with van der Waals surface area (Å²) < 4.78 is 19.9. The van der Waals surface area contributed by atoms with Gasteiger partial charge in [-0.25, -0.2) is 9.37 Å². The molecule has 3 rings (SSSR count). The van der Waals surface area contributed by atoms with Crippen LogP contribution in [0.4, 0.5) is 4.39 Å². The van der Waals surface area contributed by atoms with Crippen LogP contribution in [-0.4, -0.2) is 43.6 Å². The van der Waals surface area contributed by atoms with E-state index < -0.39 is 0 Å². The minimum Gasteiger partial charge on any atom is -0.490 e. The van der Waals surface area contributed by atoms with Crippen LogP contribution >= 0.6 is 35.3 Å². The van der Waals surface area contributed by atoms with Crippen LogP contribution < -0.4 is 20.7 Å². The molecule has 10 heteroatoms. The highest BCUT2D eigenvalue weighted by molar-refractivity contribution is 14.0. The van der Waals surface area contributed by atoms with Crippen LogP contribution in [0, 0.1) is 18.7 Å². The number of nitrogens with one attached hydrogen (secondary N) is 3. The molecule has 0 spiro atoms. The number of hydrogen-bond acceptors (Lipinski definition) is 5. The van der Waals surface area contributed by atoms with Gasteiger partial charge in [0, 0.05) is 20.1 Å². The van der Waals surface area contributed by atoms with Crippen LogP contribution in [0.15, 0.2) is 28.7 Å². The quantitative estimate of drug-likeness (QED) is 0.188. The van der Waals surface area contributed by atoms with Crippen molar-refractivity contribution < 1.29 is 13.9 Å². The Morgan fingerprint density at radius 2 is 2.10 bits per heavy atom. The molecule has 0 saturated heterocycles. The largest absolute Gasteiger partial charge is 0.490 e. The van der Waals surface area contributed by atoms with Gasteiger partial charge in [-0.3, -0.25) is 9.79 Å². The molecule has 31 heavy (non-hydrogen) atoms. The summed E-state index contributed by atoms with van der Waals surface area (Å²) in [5, 5.41) is 9.22. The number of aliphatic imine (C=N–C) groups is 1. The van der Waals surface area contributed by atoms with Gasteiger partial charge in [0.2, 0.25) is 0 Å². The number of guanidine groups is 1. The Morgan fingerprint density at radius 3 is 2.71 bits per heavy atom. The van der Waals surface area contributed by atoms with Crippen molar-refractivity contribution in [2.75, 3.05) is 26.7 Å². The Morgan fingerprint density at radius 1 is 1.35 bits per heavy atom. The number of nitrogens with zero attached hydrogens (tertiary/aromatic N) is 2. The maximum absolute atomic E-state index is 14.3. The van der Waals surface area contributed by atoms with E-state index >= 15 is 0 Å². The molecule has 1 aliphatic carbocycles. The van der Waals surface area contributed by atoms with Gasteiger partial charge in [-0.2, -0.15) is 0 Å². The van der Waals surface area contributed by atoms with Crippen LogP contribution in [0.1, 0.15) is 46.7 Å². The van der Waals surface area contributed by atoms with Crippen molar-refractivity contribution in [1.29, 1.82) is 0 Å². The van der Waals surface area contributed by atoms with Crippen molar-refractivity contribution in [3.63, 3.8) is 0 Å². The first kappa shape index (κ1) is 25.3. The molecule has 7 nitrogen and oxygen atoms in total. The van der Waals surface area contributed by atoms with Crippen LogP contribution in [0.3, 0.4) is 0 Å². The van der Waals surface area contributed by atoms with Gasteiger partial charge in [-0.1, -0.05) is 6.07 Å². The monoisotopic (exact) mass is 561 g/mol. The molecule has 3 N–H and O–H groups in total. The second-order valence-electron chi connectivity index (χ2n) is 7.33. The summed E-state index contributed by atoms with van der Waals surface area (Å²) in [7, 11) is 1.66. The normalized spacial score (nSPS) is 14.4. The summed E-state index contributed by atoms with van der Waals surface area (Å²) in [6.45, 7) is 5.26. The molecular formula is C21H29FIN5O2S. The number of amides is 1. The first-order valence-electron chi connectivity index (χ1n) is 10.1.